The quantitative estimate of drug-likeness (QED) is 0.397. The molecule has 0 unspecified atom stereocenters. The lowest BCUT2D eigenvalue weighted by Crippen LogP contribution is -1.68. The summed E-state index contributed by atoms with van der Waals surface area (Å²) in [5, 5.41) is 0. The molecule has 52 valence electrons. The maximum Gasteiger partial charge on any atom is 0.0325 e. The van der Waals surface area contributed by atoms with Crippen molar-refractivity contribution in [2.45, 2.75) is 20.3 Å². The molecule has 0 aromatic rings. The lowest BCUT2D eigenvalue weighted by Gasteiger charge is -1.85. The summed E-state index contributed by atoms with van der Waals surface area (Å²) in [4.78, 5) is 3.92. The number of hydrogen-bond donors (Lipinski definition) is 0. The van der Waals surface area contributed by atoms with E-state index in [-0.39, 0.29) is 0 Å². The fourth-order valence-electron chi connectivity index (χ4n) is 0.274. The predicted molar refractivity (Wildman–Crippen MR) is 44.9 cm³/mol. The number of aliphatic imine (C=N–C) groups is 1. The van der Waals surface area contributed by atoms with Crippen LogP contribution in [-0.2, 0) is 0 Å². The van der Waals surface area contributed by atoms with Crippen molar-refractivity contribution < 1.29 is 0 Å². The first-order valence-electron chi connectivity index (χ1n) is 2.97. The molecule has 1 nitrogen and oxygen atoms in total. The lowest BCUT2D eigenvalue weighted by molar-refractivity contribution is 1.08. The summed E-state index contributed by atoms with van der Waals surface area (Å²) in [6, 6.07) is 0. The zero-order valence-electron chi connectivity index (χ0n) is 6.35. The Labute approximate surface area is 57.8 Å². The van der Waals surface area contributed by atoms with Gasteiger partial charge < -0.3 is 0 Å². The Balaban J connectivity index is 0. The minimum absolute atomic E-state index is 0.947. The van der Waals surface area contributed by atoms with E-state index in [0.717, 1.165) is 12.1 Å². The van der Waals surface area contributed by atoms with Crippen molar-refractivity contribution >= 4 is 6.21 Å². The maximum atomic E-state index is 3.92. The third kappa shape index (κ3) is 11.0. The predicted octanol–water partition coefficient (Wildman–Crippen LogP) is 2.80. The van der Waals surface area contributed by atoms with Gasteiger partial charge in [0, 0.05) is 11.9 Å². The van der Waals surface area contributed by atoms with Crippen LogP contribution in [0.2, 0.25) is 0 Å². The summed E-state index contributed by atoms with van der Waals surface area (Å²) in [6.45, 7) is 13.6. The van der Waals surface area contributed by atoms with Crippen molar-refractivity contribution in [2.75, 3.05) is 0 Å². The Morgan fingerprint density at radius 1 is 1.56 bits per heavy atom. The average molecular weight is 125 g/mol. The number of hydrogen-bond acceptors (Lipinski definition) is 1. The van der Waals surface area contributed by atoms with Crippen molar-refractivity contribution in [1.29, 1.82) is 0 Å². The van der Waals surface area contributed by atoms with E-state index >= 15 is 0 Å². The molecule has 9 heavy (non-hydrogen) atoms. The van der Waals surface area contributed by atoms with Gasteiger partial charge in [-0.15, -0.1) is 13.2 Å². The molecule has 0 heterocycles. The molecule has 0 aliphatic heterocycles. The molecule has 0 fully saturated rings. The van der Waals surface area contributed by atoms with Gasteiger partial charge in [0.2, 0.25) is 0 Å². The van der Waals surface area contributed by atoms with Gasteiger partial charge in [-0.1, -0.05) is 13.5 Å². The van der Waals surface area contributed by atoms with Gasteiger partial charge in [-0.3, -0.25) is 4.99 Å². The van der Waals surface area contributed by atoms with Gasteiger partial charge in [-0.05, 0) is 13.3 Å². The van der Waals surface area contributed by atoms with E-state index in [1.54, 1.807) is 6.21 Å². The first kappa shape index (κ1) is 11.0. The van der Waals surface area contributed by atoms with Crippen LogP contribution in [0.5, 0.6) is 0 Å². The van der Waals surface area contributed by atoms with E-state index < -0.39 is 0 Å². The molecule has 0 rings (SSSR count). The van der Waals surface area contributed by atoms with Gasteiger partial charge in [0.1, 0.15) is 0 Å². The molecule has 0 saturated heterocycles. The van der Waals surface area contributed by atoms with Crippen LogP contribution in [0, 0.1) is 0 Å². The van der Waals surface area contributed by atoms with E-state index in [2.05, 4.69) is 24.7 Å². The summed E-state index contributed by atoms with van der Waals surface area (Å²) in [7, 11) is 0. The van der Waals surface area contributed by atoms with Crippen molar-refractivity contribution in [1.82, 2.24) is 0 Å². The first-order valence-corrected chi connectivity index (χ1v) is 2.97. The molecule has 0 aromatic carbocycles. The molecule has 0 N–H and O–H groups in total. The van der Waals surface area contributed by atoms with Crippen LogP contribution < -0.4 is 0 Å². The highest BCUT2D eigenvalue weighted by Crippen LogP contribution is 1.94. The zero-order valence-corrected chi connectivity index (χ0v) is 6.35. The number of nitrogens with zero attached hydrogens (tertiary/aromatic N) is 1. The van der Waals surface area contributed by atoms with Crippen LogP contribution in [0.3, 0.4) is 0 Å². The Bertz CT molecular complexity index is 92.7. The molecule has 0 saturated carbocycles. The number of rotatable bonds is 2. The van der Waals surface area contributed by atoms with Gasteiger partial charge in [-0.25, -0.2) is 0 Å². The standard InChI is InChI=1S/C6H11N.C2H4/c1-4-6(3)7-5-2;1-2/h5H,3-4H2,1-2H3;1-2H2. The van der Waals surface area contributed by atoms with Crippen LogP contribution in [0.1, 0.15) is 20.3 Å². The first-order chi connectivity index (χ1) is 4.31. The van der Waals surface area contributed by atoms with Crippen LogP contribution in [0.15, 0.2) is 30.4 Å². The highest BCUT2D eigenvalue weighted by molar-refractivity contribution is 5.54. The second kappa shape index (κ2) is 10.2. The summed E-state index contributed by atoms with van der Waals surface area (Å²) in [5.41, 5.74) is 0.947. The lowest BCUT2D eigenvalue weighted by atomic mass is 10.4. The van der Waals surface area contributed by atoms with Crippen molar-refractivity contribution in [3.63, 3.8) is 0 Å². The molecule has 0 amide bonds. The molecule has 0 radical (unpaired) electrons. The second-order valence-electron chi connectivity index (χ2n) is 1.31. The Kier molecular flexibility index (Phi) is 12.5. The molecule has 0 aromatic heterocycles. The van der Waals surface area contributed by atoms with E-state index in [9.17, 15) is 0 Å². The third-order valence-electron chi connectivity index (χ3n) is 0.720. The molecule has 0 aliphatic rings. The van der Waals surface area contributed by atoms with Crippen LogP contribution >= 0.6 is 0 Å². The molecule has 0 atom stereocenters. The fraction of sp³-hybridized carbons (Fsp3) is 0.375. The normalized spacial score (nSPS) is 8.22. The Hall–Kier alpha value is -0.850. The average Bonchev–Trinajstić information content (AvgIpc) is 1.93. The van der Waals surface area contributed by atoms with Gasteiger partial charge in [-0.2, -0.15) is 0 Å². The number of allylic oxidation sites excluding steroid dienone is 1. The summed E-state index contributed by atoms with van der Waals surface area (Å²) >= 11 is 0. The van der Waals surface area contributed by atoms with Crippen molar-refractivity contribution in [3.8, 4) is 0 Å². The highest BCUT2D eigenvalue weighted by atomic mass is 14.7. The van der Waals surface area contributed by atoms with E-state index in [1.807, 2.05) is 13.8 Å². The van der Waals surface area contributed by atoms with Gasteiger partial charge in [0.25, 0.3) is 0 Å². The molecule has 0 bridgehead atoms. The van der Waals surface area contributed by atoms with Crippen molar-refractivity contribution in [3.05, 3.63) is 25.4 Å². The molecule has 0 aliphatic carbocycles. The highest BCUT2D eigenvalue weighted by Gasteiger charge is 1.76. The van der Waals surface area contributed by atoms with E-state index in [4.69, 9.17) is 0 Å². The molecule has 1 heteroatoms. The smallest absolute Gasteiger partial charge is 0.0325 e. The maximum absolute atomic E-state index is 3.92. The van der Waals surface area contributed by atoms with E-state index in [0.29, 0.717) is 0 Å². The SMILES string of the molecule is C=C.C=C(CC)N=CC. The summed E-state index contributed by atoms with van der Waals surface area (Å²) < 4.78 is 0. The molecular formula is C8H15N. The minimum Gasteiger partial charge on any atom is -0.267 e. The van der Waals surface area contributed by atoms with E-state index in [1.165, 1.54) is 0 Å². The minimum atomic E-state index is 0.947. The monoisotopic (exact) mass is 125 g/mol. The third-order valence-corrected chi connectivity index (χ3v) is 0.720. The largest absolute Gasteiger partial charge is 0.267 e. The second-order valence-corrected chi connectivity index (χ2v) is 1.31. The Morgan fingerprint density at radius 3 is 2.11 bits per heavy atom. The van der Waals surface area contributed by atoms with Gasteiger partial charge in [0.15, 0.2) is 0 Å². The molecular weight excluding hydrogens is 110 g/mol. The van der Waals surface area contributed by atoms with Gasteiger partial charge in [0.05, 0.1) is 0 Å². The summed E-state index contributed by atoms with van der Waals surface area (Å²) in [5.74, 6) is 0. The Morgan fingerprint density at radius 2 is 2.00 bits per heavy atom. The van der Waals surface area contributed by atoms with Crippen LogP contribution in [-0.4, -0.2) is 6.21 Å². The summed E-state index contributed by atoms with van der Waals surface area (Å²) in [6.07, 6.45) is 2.70. The fourth-order valence-corrected chi connectivity index (χ4v) is 0.274. The van der Waals surface area contributed by atoms with Crippen molar-refractivity contribution in [2.24, 2.45) is 4.99 Å². The van der Waals surface area contributed by atoms with Crippen LogP contribution in [0.25, 0.3) is 0 Å². The van der Waals surface area contributed by atoms with Crippen LogP contribution in [0.4, 0.5) is 0 Å². The molecule has 0 spiro atoms. The zero-order chi connectivity index (χ0) is 7.70. The topological polar surface area (TPSA) is 12.4 Å². The van der Waals surface area contributed by atoms with Gasteiger partial charge >= 0.3 is 0 Å².